The number of carbonyl (C=O) groups excluding carboxylic acids is 2. The molecule has 1 aromatic rings. The van der Waals surface area contributed by atoms with Crippen LogP contribution >= 0.6 is 11.6 Å². The van der Waals surface area contributed by atoms with Crippen LogP contribution in [0.4, 0.5) is 0 Å². The van der Waals surface area contributed by atoms with E-state index in [9.17, 15) is 9.59 Å². The summed E-state index contributed by atoms with van der Waals surface area (Å²) in [6.45, 7) is 1.88. The van der Waals surface area contributed by atoms with Crippen molar-refractivity contribution in [2.75, 3.05) is 20.2 Å². The molecule has 0 saturated heterocycles. The van der Waals surface area contributed by atoms with Gasteiger partial charge >= 0.3 is 5.97 Å². The van der Waals surface area contributed by atoms with Gasteiger partial charge in [-0.15, -0.1) is 0 Å². The molecule has 0 aliphatic carbocycles. The predicted octanol–water partition coefficient (Wildman–Crippen LogP) is 1.37. The molecule has 0 saturated carbocycles. The first-order valence-corrected chi connectivity index (χ1v) is 5.45. The van der Waals surface area contributed by atoms with Crippen molar-refractivity contribution in [1.82, 2.24) is 9.88 Å². The summed E-state index contributed by atoms with van der Waals surface area (Å²) in [4.78, 5) is 28.1. The van der Waals surface area contributed by atoms with Gasteiger partial charge in [0.2, 0.25) is 0 Å². The van der Waals surface area contributed by atoms with Crippen LogP contribution in [-0.2, 0) is 9.53 Å². The van der Waals surface area contributed by atoms with Crippen molar-refractivity contribution < 1.29 is 14.3 Å². The Labute approximate surface area is 104 Å². The average molecular weight is 257 g/mol. The Morgan fingerprint density at radius 1 is 1.53 bits per heavy atom. The highest BCUT2D eigenvalue weighted by Gasteiger charge is 2.16. The molecule has 1 aromatic heterocycles. The topological polar surface area (TPSA) is 59.5 Å². The zero-order chi connectivity index (χ0) is 12.8. The zero-order valence-electron chi connectivity index (χ0n) is 9.64. The number of rotatable bonds is 4. The first-order valence-electron chi connectivity index (χ1n) is 5.07. The van der Waals surface area contributed by atoms with E-state index in [0.29, 0.717) is 5.02 Å². The Bertz CT molecular complexity index is 423. The highest BCUT2D eigenvalue weighted by atomic mass is 35.5. The summed E-state index contributed by atoms with van der Waals surface area (Å²) in [6, 6.07) is 3.02. The van der Waals surface area contributed by atoms with Gasteiger partial charge < -0.3 is 9.64 Å². The van der Waals surface area contributed by atoms with Crippen molar-refractivity contribution in [2.24, 2.45) is 0 Å². The van der Waals surface area contributed by atoms with Gasteiger partial charge in [0.05, 0.1) is 6.61 Å². The van der Waals surface area contributed by atoms with Gasteiger partial charge in [-0.2, -0.15) is 0 Å². The van der Waals surface area contributed by atoms with Crippen LogP contribution in [0.25, 0.3) is 0 Å². The van der Waals surface area contributed by atoms with E-state index in [-0.39, 0.29) is 24.8 Å². The lowest BCUT2D eigenvalue weighted by atomic mass is 10.3. The molecule has 0 spiro atoms. The van der Waals surface area contributed by atoms with Gasteiger partial charge in [-0.05, 0) is 19.1 Å². The monoisotopic (exact) mass is 256 g/mol. The minimum atomic E-state index is -0.453. The number of hydrogen-bond acceptors (Lipinski definition) is 4. The highest BCUT2D eigenvalue weighted by molar-refractivity contribution is 6.30. The number of amides is 1. The number of esters is 1. The summed E-state index contributed by atoms with van der Waals surface area (Å²) in [5.41, 5.74) is 0.198. The lowest BCUT2D eigenvalue weighted by Gasteiger charge is -2.15. The molecule has 0 atom stereocenters. The van der Waals surface area contributed by atoms with E-state index in [1.165, 1.54) is 24.2 Å². The van der Waals surface area contributed by atoms with Gasteiger partial charge in [-0.1, -0.05) is 11.6 Å². The molecule has 0 radical (unpaired) electrons. The number of pyridine rings is 1. The molecule has 92 valence electrons. The molecule has 0 aliphatic heterocycles. The number of hydrogen-bond donors (Lipinski definition) is 0. The Balaban J connectivity index is 2.67. The molecule has 0 aromatic carbocycles. The normalized spacial score (nSPS) is 9.82. The van der Waals surface area contributed by atoms with E-state index in [0.717, 1.165) is 0 Å². The predicted molar refractivity (Wildman–Crippen MR) is 62.8 cm³/mol. The SMILES string of the molecule is CCOC(=O)CN(C)C(=O)c1cc(Cl)ccn1. The van der Waals surface area contributed by atoms with Gasteiger partial charge in [-0.3, -0.25) is 14.6 Å². The van der Waals surface area contributed by atoms with E-state index in [1.807, 2.05) is 0 Å². The van der Waals surface area contributed by atoms with E-state index in [4.69, 9.17) is 16.3 Å². The Morgan fingerprint density at radius 3 is 2.82 bits per heavy atom. The third kappa shape index (κ3) is 4.03. The molecule has 17 heavy (non-hydrogen) atoms. The number of likely N-dealkylation sites (N-methyl/N-ethyl adjacent to an activating group) is 1. The largest absolute Gasteiger partial charge is 0.465 e. The molecular weight excluding hydrogens is 244 g/mol. The Morgan fingerprint density at radius 2 is 2.24 bits per heavy atom. The smallest absolute Gasteiger partial charge is 0.325 e. The molecule has 5 nitrogen and oxygen atoms in total. The molecule has 1 heterocycles. The highest BCUT2D eigenvalue weighted by Crippen LogP contribution is 2.09. The third-order valence-corrected chi connectivity index (χ3v) is 2.19. The zero-order valence-corrected chi connectivity index (χ0v) is 10.4. The number of halogens is 1. The summed E-state index contributed by atoms with van der Waals surface area (Å²) in [7, 11) is 1.50. The van der Waals surface area contributed by atoms with Crippen LogP contribution in [0.1, 0.15) is 17.4 Å². The molecule has 0 N–H and O–H groups in total. The summed E-state index contributed by atoms with van der Waals surface area (Å²) in [5.74, 6) is -0.828. The fraction of sp³-hybridized carbons (Fsp3) is 0.364. The minimum absolute atomic E-state index is 0.110. The van der Waals surface area contributed by atoms with Crippen LogP contribution in [0.2, 0.25) is 5.02 Å². The molecule has 0 bridgehead atoms. The molecule has 0 fully saturated rings. The molecular formula is C11H13ClN2O3. The molecule has 0 aliphatic rings. The van der Waals surface area contributed by atoms with Gasteiger partial charge in [0.1, 0.15) is 12.2 Å². The van der Waals surface area contributed by atoms with Crippen molar-refractivity contribution in [1.29, 1.82) is 0 Å². The maximum Gasteiger partial charge on any atom is 0.325 e. The van der Waals surface area contributed by atoms with Crippen molar-refractivity contribution >= 4 is 23.5 Å². The molecule has 1 amide bonds. The second-order valence-electron chi connectivity index (χ2n) is 3.33. The second kappa shape index (κ2) is 6.20. The van der Waals surface area contributed by atoms with Crippen molar-refractivity contribution in [3.8, 4) is 0 Å². The van der Waals surface area contributed by atoms with Crippen molar-refractivity contribution in [3.63, 3.8) is 0 Å². The van der Waals surface area contributed by atoms with Crippen LogP contribution < -0.4 is 0 Å². The van der Waals surface area contributed by atoms with Gasteiger partial charge in [0, 0.05) is 18.3 Å². The fourth-order valence-corrected chi connectivity index (χ4v) is 1.35. The molecule has 1 rings (SSSR count). The second-order valence-corrected chi connectivity index (χ2v) is 3.76. The number of ether oxygens (including phenoxy) is 1. The Hall–Kier alpha value is -1.62. The summed E-state index contributed by atoms with van der Waals surface area (Å²) >= 11 is 5.75. The van der Waals surface area contributed by atoms with E-state index in [2.05, 4.69) is 4.98 Å². The van der Waals surface area contributed by atoms with Gasteiger partial charge in [0.15, 0.2) is 0 Å². The van der Waals surface area contributed by atoms with Gasteiger partial charge in [-0.25, -0.2) is 0 Å². The molecule has 0 unspecified atom stereocenters. The quantitative estimate of drug-likeness (QED) is 0.764. The lowest BCUT2D eigenvalue weighted by molar-refractivity contribution is -0.143. The Kier molecular flexibility index (Phi) is 4.90. The van der Waals surface area contributed by atoms with Crippen molar-refractivity contribution in [3.05, 3.63) is 29.0 Å². The third-order valence-electron chi connectivity index (χ3n) is 1.96. The first kappa shape index (κ1) is 13.4. The van der Waals surface area contributed by atoms with Crippen LogP contribution in [0.5, 0.6) is 0 Å². The van der Waals surface area contributed by atoms with Crippen LogP contribution in [0.15, 0.2) is 18.3 Å². The average Bonchev–Trinajstić information content (AvgIpc) is 2.28. The van der Waals surface area contributed by atoms with Gasteiger partial charge in [0.25, 0.3) is 5.91 Å². The number of nitrogens with zero attached hydrogens (tertiary/aromatic N) is 2. The van der Waals surface area contributed by atoms with Crippen LogP contribution in [-0.4, -0.2) is 42.0 Å². The first-order chi connectivity index (χ1) is 8.04. The standard InChI is InChI=1S/C11H13ClN2O3/c1-3-17-10(15)7-14(2)11(16)9-6-8(12)4-5-13-9/h4-6H,3,7H2,1-2H3. The molecule has 6 heteroatoms. The summed E-state index contributed by atoms with van der Waals surface area (Å²) < 4.78 is 4.74. The maximum atomic E-state index is 11.8. The lowest BCUT2D eigenvalue weighted by Crippen LogP contribution is -2.33. The fourth-order valence-electron chi connectivity index (χ4n) is 1.19. The van der Waals surface area contributed by atoms with Crippen LogP contribution in [0, 0.1) is 0 Å². The van der Waals surface area contributed by atoms with Crippen LogP contribution in [0.3, 0.4) is 0 Å². The van der Waals surface area contributed by atoms with E-state index < -0.39 is 5.97 Å². The van der Waals surface area contributed by atoms with Crippen molar-refractivity contribution in [2.45, 2.75) is 6.92 Å². The maximum absolute atomic E-state index is 11.8. The minimum Gasteiger partial charge on any atom is -0.465 e. The summed E-state index contributed by atoms with van der Waals surface area (Å²) in [5, 5.41) is 0.424. The van der Waals surface area contributed by atoms with E-state index in [1.54, 1.807) is 13.0 Å². The summed E-state index contributed by atoms with van der Waals surface area (Å²) in [6.07, 6.45) is 1.44. The number of aromatic nitrogens is 1. The number of carbonyl (C=O) groups is 2. The van der Waals surface area contributed by atoms with E-state index >= 15 is 0 Å².